The molecule has 0 saturated heterocycles. The summed E-state index contributed by atoms with van der Waals surface area (Å²) in [6.45, 7) is 4.57. The second kappa shape index (κ2) is 40.7. The number of carboxylic acid groups (broad SMARTS) is 2. The van der Waals surface area contributed by atoms with Gasteiger partial charge < -0.3 is 10.2 Å². The largest absolute Gasteiger partial charge is 0.481 e. The summed E-state index contributed by atoms with van der Waals surface area (Å²) in [6.07, 6.45) is 50.4. The zero-order chi connectivity index (χ0) is 36.6. The van der Waals surface area contributed by atoms with Crippen LogP contribution in [0.3, 0.4) is 0 Å². The first-order chi connectivity index (χ1) is 24.5. The Balaban J connectivity index is 3.67. The van der Waals surface area contributed by atoms with Gasteiger partial charge in [0.25, 0.3) is 0 Å². The predicted molar refractivity (Wildman–Crippen MR) is 218 cm³/mol. The van der Waals surface area contributed by atoms with Crippen molar-refractivity contribution in [2.45, 2.75) is 271 Å². The van der Waals surface area contributed by atoms with Gasteiger partial charge in [-0.3, -0.25) is 9.59 Å². The van der Waals surface area contributed by atoms with Crippen molar-refractivity contribution in [3.05, 3.63) is 0 Å². The molecule has 50 heavy (non-hydrogen) atoms. The van der Waals surface area contributed by atoms with Gasteiger partial charge in [0.15, 0.2) is 0 Å². The molecule has 298 valence electrons. The molecule has 2 atom stereocenters. The lowest BCUT2D eigenvalue weighted by Crippen LogP contribution is -2.19. The first-order valence-electron chi connectivity index (χ1n) is 23.0. The van der Waals surface area contributed by atoms with E-state index in [0.29, 0.717) is 25.7 Å². The molecule has 2 N–H and O–H groups in total. The van der Waals surface area contributed by atoms with Gasteiger partial charge in [-0.15, -0.1) is 0 Å². The van der Waals surface area contributed by atoms with Crippen molar-refractivity contribution in [1.29, 1.82) is 0 Å². The summed E-state index contributed by atoms with van der Waals surface area (Å²) in [5, 5.41) is 19.5. The fourth-order valence-electron chi connectivity index (χ4n) is 7.77. The Morgan fingerprint density at radius 3 is 0.600 bits per heavy atom. The van der Waals surface area contributed by atoms with E-state index in [1.54, 1.807) is 0 Å². The standard InChI is InChI=1S/C46H90O4/c1-3-5-7-9-11-13-15-17-19-21-23-25-27-29-31-33-35-37-39-43(45(47)48)41-42-44(46(49)50)40-38-36-34-32-30-28-26-24-22-20-18-16-14-12-10-8-6-4-2/h43-44H,3-42H2,1-2H3,(H,47,48)(H,49,50). The normalized spacial score (nSPS) is 12.8. The molecule has 0 spiro atoms. The average molecular weight is 707 g/mol. The summed E-state index contributed by atoms with van der Waals surface area (Å²) in [5.74, 6) is -2.26. The third-order valence-electron chi connectivity index (χ3n) is 11.4. The Morgan fingerprint density at radius 2 is 0.440 bits per heavy atom. The van der Waals surface area contributed by atoms with Crippen LogP contribution in [0.25, 0.3) is 0 Å². The number of rotatable bonds is 43. The SMILES string of the molecule is CCCCCCCCCCCCCCCCCCCCC(CCC(CCCCCCCCCCCCCCCCCCCC)C(=O)O)C(=O)O. The summed E-state index contributed by atoms with van der Waals surface area (Å²) in [7, 11) is 0. The Bertz CT molecular complexity index is 634. The van der Waals surface area contributed by atoms with Gasteiger partial charge in [0.1, 0.15) is 0 Å². The van der Waals surface area contributed by atoms with Crippen molar-refractivity contribution in [3.8, 4) is 0 Å². The summed E-state index contributed by atoms with van der Waals surface area (Å²) in [6, 6.07) is 0. The quantitative estimate of drug-likeness (QED) is 0.0619. The maximum atomic E-state index is 11.9. The number of carboxylic acids is 2. The second-order valence-corrected chi connectivity index (χ2v) is 16.2. The van der Waals surface area contributed by atoms with Gasteiger partial charge in [0, 0.05) is 0 Å². The van der Waals surface area contributed by atoms with Crippen molar-refractivity contribution in [2.24, 2.45) is 11.8 Å². The summed E-state index contributed by atoms with van der Waals surface area (Å²) in [5.41, 5.74) is 0. The highest BCUT2D eigenvalue weighted by Crippen LogP contribution is 2.24. The van der Waals surface area contributed by atoms with E-state index in [4.69, 9.17) is 0 Å². The molecule has 0 aliphatic carbocycles. The van der Waals surface area contributed by atoms with E-state index in [1.807, 2.05) is 0 Å². The van der Waals surface area contributed by atoms with Crippen molar-refractivity contribution in [2.75, 3.05) is 0 Å². The van der Waals surface area contributed by atoms with Gasteiger partial charge in [-0.2, -0.15) is 0 Å². The molecule has 0 amide bonds. The highest BCUT2D eigenvalue weighted by atomic mass is 16.4. The van der Waals surface area contributed by atoms with Gasteiger partial charge in [-0.25, -0.2) is 0 Å². The maximum absolute atomic E-state index is 11.9. The average Bonchev–Trinajstić information content (AvgIpc) is 3.10. The topological polar surface area (TPSA) is 74.6 Å². The Morgan fingerprint density at radius 1 is 0.280 bits per heavy atom. The molecule has 0 aromatic carbocycles. The van der Waals surface area contributed by atoms with Crippen molar-refractivity contribution >= 4 is 11.9 Å². The van der Waals surface area contributed by atoms with Crippen molar-refractivity contribution < 1.29 is 19.8 Å². The molecule has 0 aliphatic rings. The first kappa shape index (κ1) is 48.9. The zero-order valence-corrected chi connectivity index (χ0v) is 34.1. The maximum Gasteiger partial charge on any atom is 0.306 e. The van der Waals surface area contributed by atoms with Crippen LogP contribution in [0.15, 0.2) is 0 Å². The zero-order valence-electron chi connectivity index (χ0n) is 34.1. The molecular formula is C46H90O4. The monoisotopic (exact) mass is 707 g/mol. The predicted octanol–water partition coefficient (Wildman–Crippen LogP) is 16.0. The highest BCUT2D eigenvalue weighted by molar-refractivity contribution is 5.71. The van der Waals surface area contributed by atoms with Crippen molar-refractivity contribution in [3.63, 3.8) is 0 Å². The molecule has 4 heteroatoms. The van der Waals surface area contributed by atoms with Gasteiger partial charge in [0.05, 0.1) is 11.8 Å². The molecule has 0 aromatic rings. The third kappa shape index (κ3) is 36.7. The molecule has 4 nitrogen and oxygen atoms in total. The fraction of sp³-hybridized carbons (Fsp3) is 0.957. The van der Waals surface area contributed by atoms with Gasteiger partial charge in [0.2, 0.25) is 0 Å². The second-order valence-electron chi connectivity index (χ2n) is 16.2. The van der Waals surface area contributed by atoms with Crippen LogP contribution in [0.1, 0.15) is 271 Å². The molecule has 0 rings (SSSR count). The summed E-state index contributed by atoms with van der Waals surface area (Å²) in [4.78, 5) is 23.8. The van der Waals surface area contributed by atoms with Crippen LogP contribution in [0, 0.1) is 11.8 Å². The van der Waals surface area contributed by atoms with Crippen LogP contribution in [0.5, 0.6) is 0 Å². The molecule has 0 bridgehead atoms. The van der Waals surface area contributed by atoms with Crippen LogP contribution in [-0.4, -0.2) is 22.2 Å². The minimum Gasteiger partial charge on any atom is -0.481 e. The highest BCUT2D eigenvalue weighted by Gasteiger charge is 2.23. The molecule has 0 fully saturated rings. The summed E-state index contributed by atoms with van der Waals surface area (Å²) >= 11 is 0. The van der Waals surface area contributed by atoms with E-state index in [0.717, 1.165) is 25.7 Å². The van der Waals surface area contributed by atoms with Crippen LogP contribution in [-0.2, 0) is 9.59 Å². The fourth-order valence-corrected chi connectivity index (χ4v) is 7.77. The van der Waals surface area contributed by atoms with Crippen LogP contribution < -0.4 is 0 Å². The lowest BCUT2D eigenvalue weighted by Gasteiger charge is -2.16. The summed E-state index contributed by atoms with van der Waals surface area (Å²) < 4.78 is 0. The minimum absolute atomic E-state index is 0.391. The van der Waals surface area contributed by atoms with Gasteiger partial charge in [-0.1, -0.05) is 245 Å². The van der Waals surface area contributed by atoms with E-state index >= 15 is 0 Å². The molecule has 2 unspecified atom stereocenters. The van der Waals surface area contributed by atoms with E-state index in [9.17, 15) is 19.8 Å². The number of carbonyl (C=O) groups is 2. The number of unbranched alkanes of at least 4 members (excludes halogenated alkanes) is 34. The third-order valence-corrected chi connectivity index (χ3v) is 11.4. The smallest absolute Gasteiger partial charge is 0.306 e. The lowest BCUT2D eigenvalue weighted by atomic mass is 9.89. The molecule has 0 saturated carbocycles. The molecule has 0 aromatic heterocycles. The van der Waals surface area contributed by atoms with E-state index in [1.165, 1.54) is 205 Å². The Kier molecular flexibility index (Phi) is 39.8. The van der Waals surface area contributed by atoms with Gasteiger partial charge in [-0.05, 0) is 25.7 Å². The van der Waals surface area contributed by atoms with Gasteiger partial charge >= 0.3 is 11.9 Å². The Labute approximate surface area is 313 Å². The first-order valence-corrected chi connectivity index (χ1v) is 23.0. The van der Waals surface area contributed by atoms with Crippen molar-refractivity contribution in [1.82, 2.24) is 0 Å². The molecule has 0 radical (unpaired) electrons. The van der Waals surface area contributed by atoms with Crippen LogP contribution >= 0.6 is 0 Å². The number of hydrogen-bond donors (Lipinski definition) is 2. The van der Waals surface area contributed by atoms with E-state index < -0.39 is 23.8 Å². The molecular weight excluding hydrogens is 617 g/mol. The van der Waals surface area contributed by atoms with Crippen LogP contribution in [0.2, 0.25) is 0 Å². The lowest BCUT2D eigenvalue weighted by molar-refractivity contribution is -0.145. The Hall–Kier alpha value is -1.06. The molecule has 0 aliphatic heterocycles. The van der Waals surface area contributed by atoms with E-state index in [-0.39, 0.29) is 0 Å². The van der Waals surface area contributed by atoms with Crippen LogP contribution in [0.4, 0.5) is 0 Å². The van der Waals surface area contributed by atoms with E-state index in [2.05, 4.69) is 13.8 Å². The number of hydrogen-bond acceptors (Lipinski definition) is 2. The molecule has 0 heterocycles. The minimum atomic E-state index is -0.741. The number of aliphatic carboxylic acids is 2.